The van der Waals surface area contributed by atoms with Gasteiger partial charge in [-0.05, 0) is 6.07 Å². The van der Waals surface area contributed by atoms with E-state index in [0.29, 0.717) is 16.5 Å². The number of amides is 1. The third-order valence-corrected chi connectivity index (χ3v) is 2.14. The van der Waals surface area contributed by atoms with Crippen LogP contribution in [0.25, 0.3) is 10.9 Å². The molecule has 2 aromatic rings. The summed E-state index contributed by atoms with van der Waals surface area (Å²) >= 11 is 0. The molecule has 0 fully saturated rings. The van der Waals surface area contributed by atoms with Gasteiger partial charge in [0.2, 0.25) is 0 Å². The summed E-state index contributed by atoms with van der Waals surface area (Å²) in [5, 5.41) is 11.1. The number of primary amides is 1. The van der Waals surface area contributed by atoms with Gasteiger partial charge < -0.3 is 10.7 Å². The van der Waals surface area contributed by atoms with Gasteiger partial charge >= 0.3 is 0 Å². The topological polar surface area (TPSA) is 102 Å². The van der Waals surface area contributed by atoms with Crippen molar-refractivity contribution in [1.82, 2.24) is 4.98 Å². The zero-order valence-corrected chi connectivity index (χ0v) is 7.56. The highest BCUT2D eigenvalue weighted by atomic mass is 16.6. The molecule has 0 saturated heterocycles. The van der Waals surface area contributed by atoms with E-state index in [1.807, 2.05) is 0 Å². The Kier molecular flexibility index (Phi) is 1.89. The van der Waals surface area contributed by atoms with Crippen molar-refractivity contribution in [2.45, 2.75) is 0 Å². The maximum absolute atomic E-state index is 11.0. The lowest BCUT2D eigenvalue weighted by Gasteiger charge is -1.93. The standard InChI is InChI=1S/C9H7N3O3/c10-9(13)7-4-11-8-3-5(12(14)15)1-2-6(7)8/h1-4,11H,(H2,10,13). The third-order valence-electron chi connectivity index (χ3n) is 2.14. The summed E-state index contributed by atoms with van der Waals surface area (Å²) < 4.78 is 0. The van der Waals surface area contributed by atoms with E-state index >= 15 is 0 Å². The summed E-state index contributed by atoms with van der Waals surface area (Å²) in [6.07, 6.45) is 1.44. The van der Waals surface area contributed by atoms with E-state index in [1.54, 1.807) is 0 Å². The molecule has 15 heavy (non-hydrogen) atoms. The largest absolute Gasteiger partial charge is 0.366 e. The molecular weight excluding hydrogens is 198 g/mol. The zero-order chi connectivity index (χ0) is 11.0. The first-order valence-electron chi connectivity index (χ1n) is 4.15. The average Bonchev–Trinajstić information content (AvgIpc) is 2.59. The van der Waals surface area contributed by atoms with Crippen LogP contribution >= 0.6 is 0 Å². The van der Waals surface area contributed by atoms with Crippen molar-refractivity contribution >= 4 is 22.5 Å². The number of benzene rings is 1. The Morgan fingerprint density at radius 1 is 1.47 bits per heavy atom. The highest BCUT2D eigenvalue weighted by Crippen LogP contribution is 2.22. The number of nitrogens with two attached hydrogens (primary N) is 1. The van der Waals surface area contributed by atoms with Crippen LogP contribution < -0.4 is 5.73 Å². The first kappa shape index (κ1) is 9.20. The minimum Gasteiger partial charge on any atom is -0.366 e. The van der Waals surface area contributed by atoms with E-state index in [1.165, 1.54) is 24.4 Å². The van der Waals surface area contributed by atoms with Gasteiger partial charge in [0.1, 0.15) is 0 Å². The number of rotatable bonds is 2. The van der Waals surface area contributed by atoms with Crippen LogP contribution in [0.5, 0.6) is 0 Å². The van der Waals surface area contributed by atoms with Gasteiger partial charge in [-0.1, -0.05) is 0 Å². The number of nitrogens with one attached hydrogen (secondary N) is 1. The molecule has 0 aliphatic carbocycles. The van der Waals surface area contributed by atoms with Crippen molar-refractivity contribution in [3.63, 3.8) is 0 Å². The lowest BCUT2D eigenvalue weighted by molar-refractivity contribution is -0.384. The van der Waals surface area contributed by atoms with Crippen molar-refractivity contribution in [2.75, 3.05) is 0 Å². The minimum atomic E-state index is -0.560. The van der Waals surface area contributed by atoms with E-state index in [4.69, 9.17) is 5.73 Å². The van der Waals surface area contributed by atoms with Gasteiger partial charge in [-0.3, -0.25) is 14.9 Å². The fourth-order valence-corrected chi connectivity index (χ4v) is 1.43. The van der Waals surface area contributed by atoms with Crippen LogP contribution in [0.1, 0.15) is 10.4 Å². The fourth-order valence-electron chi connectivity index (χ4n) is 1.43. The van der Waals surface area contributed by atoms with Gasteiger partial charge in [0.05, 0.1) is 16.0 Å². The van der Waals surface area contributed by atoms with Crippen LogP contribution in [0.2, 0.25) is 0 Å². The quantitative estimate of drug-likeness (QED) is 0.568. The number of fused-ring (bicyclic) bond motifs is 1. The monoisotopic (exact) mass is 205 g/mol. The van der Waals surface area contributed by atoms with Crippen LogP contribution in [0, 0.1) is 10.1 Å². The summed E-state index contributed by atoms with van der Waals surface area (Å²) in [5.74, 6) is -0.560. The molecule has 1 heterocycles. The highest BCUT2D eigenvalue weighted by Gasteiger charge is 2.12. The predicted molar refractivity (Wildman–Crippen MR) is 53.5 cm³/mol. The molecule has 0 radical (unpaired) electrons. The van der Waals surface area contributed by atoms with Crippen LogP contribution in [0.3, 0.4) is 0 Å². The molecule has 0 spiro atoms. The van der Waals surface area contributed by atoms with Gasteiger partial charge in [0.25, 0.3) is 11.6 Å². The number of carbonyl (C=O) groups excluding carboxylic acids is 1. The second-order valence-corrected chi connectivity index (χ2v) is 3.05. The number of nitro groups is 1. The van der Waals surface area contributed by atoms with Crippen molar-refractivity contribution in [3.8, 4) is 0 Å². The van der Waals surface area contributed by atoms with Crippen LogP contribution in [0.4, 0.5) is 5.69 Å². The number of non-ortho nitro benzene ring substituents is 1. The van der Waals surface area contributed by atoms with E-state index < -0.39 is 10.8 Å². The Bertz CT molecular complexity index is 559. The summed E-state index contributed by atoms with van der Waals surface area (Å²) in [7, 11) is 0. The molecule has 3 N–H and O–H groups in total. The first-order valence-corrected chi connectivity index (χ1v) is 4.15. The molecule has 76 valence electrons. The van der Waals surface area contributed by atoms with Crippen molar-refractivity contribution < 1.29 is 9.72 Å². The summed E-state index contributed by atoms with van der Waals surface area (Å²) in [4.78, 5) is 23.7. The Hall–Kier alpha value is -2.37. The summed E-state index contributed by atoms with van der Waals surface area (Å²) in [6.45, 7) is 0. The third kappa shape index (κ3) is 1.41. The smallest absolute Gasteiger partial charge is 0.271 e. The summed E-state index contributed by atoms with van der Waals surface area (Å²) in [5.41, 5.74) is 5.96. The van der Waals surface area contributed by atoms with E-state index in [2.05, 4.69) is 4.98 Å². The number of aromatic amines is 1. The molecule has 1 aromatic carbocycles. The maximum Gasteiger partial charge on any atom is 0.271 e. The van der Waals surface area contributed by atoms with Crippen LogP contribution in [-0.4, -0.2) is 15.8 Å². The maximum atomic E-state index is 11.0. The number of H-pyrrole nitrogens is 1. The second-order valence-electron chi connectivity index (χ2n) is 3.05. The number of aromatic nitrogens is 1. The molecule has 2 rings (SSSR count). The molecule has 0 unspecified atom stereocenters. The number of nitro benzene ring substituents is 1. The molecule has 0 aliphatic heterocycles. The number of hydrogen-bond donors (Lipinski definition) is 2. The van der Waals surface area contributed by atoms with E-state index in [0.717, 1.165) is 0 Å². The molecule has 0 bridgehead atoms. The minimum absolute atomic E-state index is 0.0274. The van der Waals surface area contributed by atoms with Crippen molar-refractivity contribution in [2.24, 2.45) is 5.73 Å². The van der Waals surface area contributed by atoms with Crippen LogP contribution in [-0.2, 0) is 0 Å². The normalized spacial score (nSPS) is 10.4. The first-order chi connectivity index (χ1) is 7.09. The average molecular weight is 205 g/mol. The lowest BCUT2D eigenvalue weighted by atomic mass is 10.1. The highest BCUT2D eigenvalue weighted by molar-refractivity contribution is 6.06. The Balaban J connectivity index is 2.66. The van der Waals surface area contributed by atoms with Gasteiger partial charge in [0.15, 0.2) is 0 Å². The number of carbonyl (C=O) groups is 1. The Morgan fingerprint density at radius 2 is 2.20 bits per heavy atom. The molecule has 1 amide bonds. The zero-order valence-electron chi connectivity index (χ0n) is 7.56. The Labute approximate surface area is 83.8 Å². The predicted octanol–water partition coefficient (Wildman–Crippen LogP) is 1.18. The second kappa shape index (κ2) is 3.09. The number of nitrogens with zero attached hydrogens (tertiary/aromatic N) is 1. The molecule has 6 heteroatoms. The van der Waals surface area contributed by atoms with Gasteiger partial charge in [-0.25, -0.2) is 0 Å². The van der Waals surface area contributed by atoms with E-state index in [9.17, 15) is 14.9 Å². The molecule has 1 aromatic heterocycles. The van der Waals surface area contributed by atoms with Crippen molar-refractivity contribution in [3.05, 3.63) is 40.1 Å². The summed E-state index contributed by atoms with van der Waals surface area (Å²) in [6, 6.07) is 4.20. The Morgan fingerprint density at radius 3 is 2.80 bits per heavy atom. The molecule has 0 aliphatic rings. The molecule has 0 atom stereocenters. The molecule has 0 saturated carbocycles. The van der Waals surface area contributed by atoms with Crippen LogP contribution in [0.15, 0.2) is 24.4 Å². The molecule has 6 nitrogen and oxygen atoms in total. The van der Waals surface area contributed by atoms with Gasteiger partial charge in [-0.2, -0.15) is 0 Å². The fraction of sp³-hybridized carbons (Fsp3) is 0. The molecular formula is C9H7N3O3. The van der Waals surface area contributed by atoms with Gasteiger partial charge in [0, 0.05) is 23.7 Å². The van der Waals surface area contributed by atoms with Crippen molar-refractivity contribution in [1.29, 1.82) is 0 Å². The lowest BCUT2D eigenvalue weighted by Crippen LogP contribution is -2.09. The van der Waals surface area contributed by atoms with E-state index in [-0.39, 0.29) is 5.69 Å². The number of hydrogen-bond acceptors (Lipinski definition) is 3. The SMILES string of the molecule is NC(=O)c1c[nH]c2cc([N+](=O)[O-])ccc12. The van der Waals surface area contributed by atoms with Gasteiger partial charge in [-0.15, -0.1) is 0 Å².